The molecule has 1 aliphatic heterocycles. The highest BCUT2D eigenvalue weighted by Gasteiger charge is 2.29. The Bertz CT molecular complexity index is 594. The highest BCUT2D eigenvalue weighted by atomic mass is 35.7. The van der Waals surface area contributed by atoms with Crippen molar-refractivity contribution in [3.8, 4) is 0 Å². The molecule has 20 heavy (non-hydrogen) atoms. The summed E-state index contributed by atoms with van der Waals surface area (Å²) in [6.07, 6.45) is 4.62. The first-order valence-electron chi connectivity index (χ1n) is 6.27. The molecule has 1 saturated heterocycles. The van der Waals surface area contributed by atoms with Crippen LogP contribution in [0.5, 0.6) is 0 Å². The van der Waals surface area contributed by atoms with Gasteiger partial charge in [0.25, 0.3) is 9.05 Å². The highest BCUT2D eigenvalue weighted by Crippen LogP contribution is 2.24. The maximum absolute atomic E-state index is 11.3. The Balaban J connectivity index is 2.10. The molecule has 1 fully saturated rings. The zero-order valence-electron chi connectivity index (χ0n) is 10.7. The first-order chi connectivity index (χ1) is 9.38. The van der Waals surface area contributed by atoms with Crippen LogP contribution >= 0.6 is 10.7 Å². The summed E-state index contributed by atoms with van der Waals surface area (Å²) >= 11 is 0. The molecule has 0 aliphatic carbocycles. The third-order valence-electron chi connectivity index (χ3n) is 3.24. The summed E-state index contributed by atoms with van der Waals surface area (Å²) in [5.74, 6) is -0.723. The Kier molecular flexibility index (Phi) is 4.61. The van der Waals surface area contributed by atoms with E-state index in [-0.39, 0.29) is 0 Å². The molecule has 0 atom stereocenters. The fraction of sp³-hybridized carbons (Fsp3) is 0.700. The number of likely N-dealkylation sites (tertiary alicyclic amines) is 1. The smallest absolute Gasteiger partial charge is 0.358 e. The van der Waals surface area contributed by atoms with Crippen molar-refractivity contribution in [3.05, 3.63) is 16.3 Å². The minimum Gasteiger partial charge on any atom is -0.358 e. The quantitative estimate of drug-likeness (QED) is 0.459. The lowest BCUT2D eigenvalue weighted by Gasteiger charge is -2.25. The van der Waals surface area contributed by atoms with Crippen LogP contribution in [0.3, 0.4) is 0 Å². The lowest BCUT2D eigenvalue weighted by Crippen LogP contribution is -2.32. The van der Waals surface area contributed by atoms with Crippen LogP contribution < -0.4 is 0 Å². The van der Waals surface area contributed by atoms with E-state index < -0.39 is 24.7 Å². The number of nitrogens with zero attached hydrogens (tertiary/aromatic N) is 4. The molecule has 1 aromatic heterocycles. The average Bonchev–Trinajstić information content (AvgIpc) is 2.82. The third-order valence-corrected chi connectivity index (χ3v) is 4.55. The zero-order valence-corrected chi connectivity index (χ0v) is 12.3. The summed E-state index contributed by atoms with van der Waals surface area (Å²) in [6.45, 7) is 3.06. The molecule has 8 nitrogen and oxygen atoms in total. The first kappa shape index (κ1) is 15.2. The van der Waals surface area contributed by atoms with Gasteiger partial charge >= 0.3 is 5.82 Å². The fourth-order valence-corrected chi connectivity index (χ4v) is 3.14. The van der Waals surface area contributed by atoms with Gasteiger partial charge in [0, 0.05) is 17.2 Å². The summed E-state index contributed by atoms with van der Waals surface area (Å²) in [7, 11) is 1.01. The van der Waals surface area contributed by atoms with Gasteiger partial charge in [0.05, 0.1) is 17.8 Å². The van der Waals surface area contributed by atoms with E-state index in [1.54, 1.807) is 0 Å². The maximum atomic E-state index is 11.3. The van der Waals surface area contributed by atoms with E-state index in [4.69, 9.17) is 10.7 Å². The number of hydrogen-bond donors (Lipinski definition) is 0. The number of aromatic nitrogens is 2. The largest absolute Gasteiger partial charge is 0.410 e. The molecule has 10 heteroatoms. The molecule has 2 rings (SSSR count). The number of piperidine rings is 1. The summed E-state index contributed by atoms with van der Waals surface area (Å²) in [5, 5.41) is 14.5. The van der Waals surface area contributed by atoms with Crippen LogP contribution in [-0.4, -0.2) is 47.7 Å². The van der Waals surface area contributed by atoms with Crippen LogP contribution in [-0.2, 0) is 15.6 Å². The van der Waals surface area contributed by atoms with Crippen molar-refractivity contribution in [3.63, 3.8) is 0 Å². The van der Waals surface area contributed by atoms with Crippen molar-refractivity contribution in [1.82, 2.24) is 14.7 Å². The minimum absolute atomic E-state index is 0.396. The molecule has 1 aliphatic rings. The van der Waals surface area contributed by atoms with Crippen LogP contribution in [0.4, 0.5) is 5.82 Å². The van der Waals surface area contributed by atoms with Crippen LogP contribution in [0.2, 0.25) is 0 Å². The Morgan fingerprint density at radius 2 is 1.95 bits per heavy atom. The predicted octanol–water partition coefficient (Wildman–Crippen LogP) is 1.20. The van der Waals surface area contributed by atoms with E-state index in [9.17, 15) is 18.5 Å². The second kappa shape index (κ2) is 6.06. The molecular formula is C10H15ClN4O4S. The van der Waals surface area contributed by atoms with Crippen LogP contribution in [0.1, 0.15) is 19.3 Å². The topological polar surface area (TPSA) is 98.3 Å². The van der Waals surface area contributed by atoms with Gasteiger partial charge in [-0.05, 0) is 30.9 Å². The van der Waals surface area contributed by atoms with Crippen LogP contribution in [0.15, 0.2) is 11.1 Å². The van der Waals surface area contributed by atoms with Crippen molar-refractivity contribution in [2.75, 3.05) is 19.6 Å². The third kappa shape index (κ3) is 3.68. The van der Waals surface area contributed by atoms with Gasteiger partial charge in [0.1, 0.15) is 0 Å². The van der Waals surface area contributed by atoms with Crippen molar-refractivity contribution >= 4 is 25.6 Å². The number of halogens is 1. The van der Waals surface area contributed by atoms with Gasteiger partial charge < -0.3 is 15.0 Å². The molecule has 0 N–H and O–H groups in total. The van der Waals surface area contributed by atoms with Crippen molar-refractivity contribution in [2.45, 2.75) is 30.7 Å². The fourth-order valence-electron chi connectivity index (χ4n) is 2.23. The van der Waals surface area contributed by atoms with E-state index in [1.807, 2.05) is 0 Å². The van der Waals surface area contributed by atoms with Gasteiger partial charge in [0.15, 0.2) is 0 Å². The van der Waals surface area contributed by atoms with E-state index in [2.05, 4.69) is 10.00 Å². The van der Waals surface area contributed by atoms with Crippen LogP contribution in [0.25, 0.3) is 0 Å². The molecule has 0 amide bonds. The molecule has 1 aromatic rings. The summed E-state index contributed by atoms with van der Waals surface area (Å²) < 4.78 is 23.8. The highest BCUT2D eigenvalue weighted by molar-refractivity contribution is 8.13. The van der Waals surface area contributed by atoms with Gasteiger partial charge in [-0.25, -0.2) is 8.42 Å². The molecule has 112 valence electrons. The van der Waals surface area contributed by atoms with Crippen molar-refractivity contribution < 1.29 is 13.3 Å². The average molecular weight is 323 g/mol. The molecule has 0 spiro atoms. The number of rotatable bonds is 5. The summed E-state index contributed by atoms with van der Waals surface area (Å²) in [5.41, 5.74) is 0. The monoisotopic (exact) mass is 322 g/mol. The Labute approximate surface area is 120 Å². The molecule has 0 unspecified atom stereocenters. The molecule has 0 bridgehead atoms. The lowest BCUT2D eigenvalue weighted by atomic mass is 10.1. The van der Waals surface area contributed by atoms with Gasteiger partial charge in [-0.2, -0.15) is 4.68 Å². The Hall–Kier alpha value is -1.19. The van der Waals surface area contributed by atoms with E-state index in [1.165, 1.54) is 11.1 Å². The van der Waals surface area contributed by atoms with Crippen molar-refractivity contribution in [1.29, 1.82) is 0 Å². The van der Waals surface area contributed by atoms with Gasteiger partial charge in [-0.3, -0.25) is 0 Å². The van der Waals surface area contributed by atoms with E-state index in [0.29, 0.717) is 13.1 Å². The normalized spacial score (nSPS) is 17.2. The molecule has 0 aromatic carbocycles. The first-order valence-corrected chi connectivity index (χ1v) is 8.58. The van der Waals surface area contributed by atoms with Crippen LogP contribution in [0, 0.1) is 10.1 Å². The van der Waals surface area contributed by atoms with E-state index in [0.717, 1.165) is 32.1 Å². The predicted molar refractivity (Wildman–Crippen MR) is 72.2 cm³/mol. The Morgan fingerprint density at radius 3 is 2.45 bits per heavy atom. The minimum atomic E-state index is -4.17. The second-order valence-corrected chi connectivity index (χ2v) is 7.21. The summed E-state index contributed by atoms with van der Waals surface area (Å²) in [4.78, 5) is 11.6. The summed E-state index contributed by atoms with van der Waals surface area (Å²) in [6, 6.07) is 0. The number of nitro groups is 1. The lowest BCUT2D eigenvalue weighted by molar-refractivity contribution is -0.392. The maximum Gasteiger partial charge on any atom is 0.410 e. The SMILES string of the molecule is O=[N+]([O-])c1nn(CCN2CCCCC2)cc1S(=O)(=O)Cl. The molecule has 0 saturated carbocycles. The number of hydrogen-bond acceptors (Lipinski definition) is 6. The standard InChI is InChI=1S/C10H15ClN4O4S/c11-20(18,19)9-8-14(12-10(9)15(16)17)7-6-13-4-2-1-3-5-13/h8H,1-7H2. The zero-order chi connectivity index (χ0) is 14.8. The molecular weight excluding hydrogens is 308 g/mol. The van der Waals surface area contributed by atoms with Gasteiger partial charge in [0.2, 0.25) is 4.90 Å². The van der Waals surface area contributed by atoms with E-state index >= 15 is 0 Å². The second-order valence-electron chi connectivity index (χ2n) is 4.68. The van der Waals surface area contributed by atoms with Gasteiger partial charge in [-0.15, -0.1) is 0 Å². The molecule has 2 heterocycles. The molecule has 0 radical (unpaired) electrons. The van der Waals surface area contributed by atoms with Crippen molar-refractivity contribution in [2.24, 2.45) is 0 Å². The Morgan fingerprint density at radius 1 is 1.30 bits per heavy atom. The van der Waals surface area contributed by atoms with Gasteiger partial charge in [-0.1, -0.05) is 6.42 Å².